The van der Waals surface area contributed by atoms with E-state index in [1.54, 1.807) is 25.2 Å². The Morgan fingerprint density at radius 2 is 1.68 bits per heavy atom. The summed E-state index contributed by atoms with van der Waals surface area (Å²) >= 11 is 25.7. The van der Waals surface area contributed by atoms with Crippen molar-refractivity contribution in [3.8, 4) is 5.75 Å². The molecule has 1 N–H and O–H groups in total. The van der Waals surface area contributed by atoms with Gasteiger partial charge >= 0.3 is 0 Å². The van der Waals surface area contributed by atoms with Crippen molar-refractivity contribution in [3.05, 3.63) is 49.9 Å². The summed E-state index contributed by atoms with van der Waals surface area (Å²) in [5, 5.41) is 3.60. The Morgan fingerprint density at radius 3 is 2.20 bits per heavy atom. The number of halogens is 4. The number of ether oxygens (including phenoxy) is 3. The molecule has 216 valence electrons. The third kappa shape index (κ3) is 4.85. The van der Waals surface area contributed by atoms with Crippen LogP contribution in [0.5, 0.6) is 5.75 Å². The van der Waals surface area contributed by atoms with Crippen LogP contribution in [0.3, 0.4) is 0 Å². The van der Waals surface area contributed by atoms with E-state index in [-0.39, 0.29) is 39.0 Å². The fourth-order valence-corrected chi connectivity index (χ4v) is 7.37. The molecule has 9 nitrogen and oxygen atoms in total. The SMILES string of the molecule is COc1c(Cl)cc(N(C)C(=O)C2C3CC(OC)(OC)CN3C(C)(c3cc(Cl)cc(Cl)c3NC=O)C2C=O)cc1Cl. The molecular weight excluding hydrogens is 604 g/mol. The number of hydrogen-bond acceptors (Lipinski definition) is 7. The molecule has 2 amide bonds. The largest absolute Gasteiger partial charge is 0.494 e. The molecule has 13 heteroatoms. The number of benzene rings is 2. The van der Waals surface area contributed by atoms with Gasteiger partial charge in [-0.05, 0) is 36.8 Å². The van der Waals surface area contributed by atoms with Crippen molar-refractivity contribution in [2.45, 2.75) is 30.7 Å². The lowest BCUT2D eigenvalue weighted by Gasteiger charge is -2.40. The van der Waals surface area contributed by atoms with Crippen molar-refractivity contribution in [1.82, 2.24) is 4.90 Å². The molecule has 2 aliphatic rings. The molecule has 2 heterocycles. The zero-order valence-electron chi connectivity index (χ0n) is 22.5. The second-order valence-corrected chi connectivity index (χ2v) is 11.6. The van der Waals surface area contributed by atoms with Gasteiger partial charge in [0.15, 0.2) is 11.5 Å². The van der Waals surface area contributed by atoms with Gasteiger partial charge in [0.25, 0.3) is 0 Å². The highest BCUT2D eigenvalue weighted by molar-refractivity contribution is 6.38. The first-order valence-electron chi connectivity index (χ1n) is 12.3. The molecule has 2 saturated heterocycles. The van der Waals surface area contributed by atoms with E-state index < -0.39 is 29.2 Å². The van der Waals surface area contributed by atoms with Crippen molar-refractivity contribution < 1.29 is 28.6 Å². The molecule has 4 unspecified atom stereocenters. The number of rotatable bonds is 9. The van der Waals surface area contributed by atoms with Crippen molar-refractivity contribution in [2.75, 3.05) is 45.1 Å². The Morgan fingerprint density at radius 1 is 1.05 bits per heavy atom. The summed E-state index contributed by atoms with van der Waals surface area (Å²) in [6.07, 6.45) is 1.55. The molecule has 2 fully saturated rings. The maximum Gasteiger partial charge on any atom is 0.232 e. The van der Waals surface area contributed by atoms with Gasteiger partial charge in [0, 0.05) is 44.4 Å². The maximum atomic E-state index is 14.3. The van der Waals surface area contributed by atoms with E-state index in [0.717, 1.165) is 6.29 Å². The van der Waals surface area contributed by atoms with Gasteiger partial charge in [-0.3, -0.25) is 14.5 Å². The van der Waals surface area contributed by atoms with Crippen LogP contribution < -0.4 is 15.0 Å². The van der Waals surface area contributed by atoms with Crippen molar-refractivity contribution in [2.24, 2.45) is 11.8 Å². The molecule has 2 aromatic rings. The highest BCUT2D eigenvalue weighted by atomic mass is 35.5. The molecular formula is C27H29Cl4N3O6. The molecule has 40 heavy (non-hydrogen) atoms. The lowest BCUT2D eigenvalue weighted by Crippen LogP contribution is -2.48. The van der Waals surface area contributed by atoms with Gasteiger partial charge in [-0.25, -0.2) is 0 Å². The van der Waals surface area contributed by atoms with E-state index in [4.69, 9.17) is 60.6 Å². The second-order valence-electron chi connectivity index (χ2n) is 9.97. The Hall–Kier alpha value is -2.11. The van der Waals surface area contributed by atoms with E-state index in [1.165, 1.54) is 32.3 Å². The van der Waals surface area contributed by atoms with Crippen LogP contribution in [-0.2, 0) is 29.4 Å². The van der Waals surface area contributed by atoms with Crippen LogP contribution >= 0.6 is 46.4 Å². The molecule has 0 radical (unpaired) electrons. The number of carbonyl (C=O) groups is 3. The summed E-state index contributed by atoms with van der Waals surface area (Å²) in [4.78, 5) is 42.2. The normalized spacial score (nSPS) is 25.4. The van der Waals surface area contributed by atoms with Crippen LogP contribution in [0.1, 0.15) is 18.9 Å². The molecule has 0 bridgehead atoms. The minimum absolute atomic E-state index is 0.190. The van der Waals surface area contributed by atoms with E-state index >= 15 is 0 Å². The Kier molecular flexibility index (Phi) is 8.98. The third-order valence-electron chi connectivity index (χ3n) is 8.26. The number of aldehydes is 1. The van der Waals surface area contributed by atoms with Gasteiger partial charge in [0.2, 0.25) is 12.3 Å². The lowest BCUT2D eigenvalue weighted by molar-refractivity contribution is -0.201. The van der Waals surface area contributed by atoms with Crippen LogP contribution in [0.15, 0.2) is 24.3 Å². The second kappa shape index (κ2) is 11.6. The average Bonchev–Trinajstić information content (AvgIpc) is 3.41. The topological polar surface area (TPSA) is 97.4 Å². The van der Waals surface area contributed by atoms with Gasteiger partial charge in [-0.1, -0.05) is 46.4 Å². The molecule has 4 atom stereocenters. The summed E-state index contributed by atoms with van der Waals surface area (Å²) in [7, 11) is 6.08. The highest BCUT2D eigenvalue weighted by Gasteiger charge is 2.66. The van der Waals surface area contributed by atoms with E-state index in [1.807, 2.05) is 11.8 Å². The molecule has 0 spiro atoms. The number of hydrogen-bond donors (Lipinski definition) is 1. The van der Waals surface area contributed by atoms with E-state index in [2.05, 4.69) is 5.32 Å². The Bertz CT molecular complexity index is 1320. The average molecular weight is 633 g/mol. The van der Waals surface area contributed by atoms with Gasteiger partial charge < -0.3 is 29.2 Å². The number of fused-ring (bicyclic) bond motifs is 1. The van der Waals surface area contributed by atoms with Gasteiger partial charge in [-0.15, -0.1) is 0 Å². The quantitative estimate of drug-likeness (QED) is 0.297. The van der Waals surface area contributed by atoms with Crippen LogP contribution in [0.2, 0.25) is 20.1 Å². The van der Waals surface area contributed by atoms with Gasteiger partial charge in [-0.2, -0.15) is 0 Å². The zero-order chi connectivity index (χ0) is 29.6. The summed E-state index contributed by atoms with van der Waals surface area (Å²) in [6.45, 7) is 2.05. The number of nitrogens with zero attached hydrogens (tertiary/aromatic N) is 2. The molecule has 0 aromatic heterocycles. The smallest absolute Gasteiger partial charge is 0.232 e. The lowest BCUT2D eigenvalue weighted by atomic mass is 9.74. The zero-order valence-corrected chi connectivity index (χ0v) is 25.5. The molecule has 0 aliphatic carbocycles. The van der Waals surface area contributed by atoms with Crippen molar-refractivity contribution in [3.63, 3.8) is 0 Å². The van der Waals surface area contributed by atoms with Crippen LogP contribution in [0.25, 0.3) is 0 Å². The van der Waals surface area contributed by atoms with E-state index in [0.29, 0.717) is 29.1 Å². The van der Waals surface area contributed by atoms with Gasteiger partial charge in [0.05, 0.1) is 51.8 Å². The number of anilines is 2. The molecule has 0 saturated carbocycles. The van der Waals surface area contributed by atoms with Crippen LogP contribution in [-0.4, -0.2) is 70.3 Å². The van der Waals surface area contributed by atoms with Crippen molar-refractivity contribution >= 4 is 76.4 Å². The fourth-order valence-electron chi connectivity index (χ4n) is 6.19. The van der Waals surface area contributed by atoms with Gasteiger partial charge in [0.1, 0.15) is 6.29 Å². The summed E-state index contributed by atoms with van der Waals surface area (Å²) in [5.74, 6) is -2.86. The maximum absolute atomic E-state index is 14.3. The summed E-state index contributed by atoms with van der Waals surface area (Å²) < 4.78 is 16.8. The molecule has 2 aliphatic heterocycles. The summed E-state index contributed by atoms with van der Waals surface area (Å²) in [6, 6.07) is 5.78. The number of nitrogens with one attached hydrogen (secondary N) is 1. The Labute approximate surface area is 252 Å². The van der Waals surface area contributed by atoms with Crippen LogP contribution in [0.4, 0.5) is 11.4 Å². The molecule has 2 aromatic carbocycles. The van der Waals surface area contributed by atoms with Crippen LogP contribution in [0, 0.1) is 11.8 Å². The minimum Gasteiger partial charge on any atom is -0.494 e. The number of amides is 2. The minimum atomic E-state index is -1.15. The summed E-state index contributed by atoms with van der Waals surface area (Å²) in [5.41, 5.74) is 0.0383. The first-order chi connectivity index (χ1) is 18.9. The predicted octanol–water partition coefficient (Wildman–Crippen LogP) is 5.26. The Balaban J connectivity index is 1.89. The highest BCUT2D eigenvalue weighted by Crippen LogP contribution is 2.57. The molecule has 4 rings (SSSR count). The first kappa shape index (κ1) is 30.8. The third-order valence-corrected chi connectivity index (χ3v) is 9.34. The predicted molar refractivity (Wildman–Crippen MR) is 155 cm³/mol. The first-order valence-corrected chi connectivity index (χ1v) is 13.8. The van der Waals surface area contributed by atoms with Crippen molar-refractivity contribution in [1.29, 1.82) is 0 Å². The monoisotopic (exact) mass is 631 g/mol. The fraction of sp³-hybridized carbons (Fsp3) is 0.444. The standard InChI is InChI=1S/C27H29Cl4N3O6/c1-26(16-6-14(28)7-18(29)23(16)32-13-36)17(11-35)22(21-10-27(39-4,40-5)12-34(21)26)25(37)33(2)15-8-19(30)24(38-3)20(31)9-15/h6-9,11,13,17,21-22H,10,12H2,1-5H3,(H,32,36). The number of methoxy groups -OCH3 is 3. The number of carbonyl (C=O) groups excluding carboxylic acids is 3. The van der Waals surface area contributed by atoms with E-state index in [9.17, 15) is 14.4 Å².